The molecular weight excluding hydrogens is 310 g/mol. The van der Waals surface area contributed by atoms with E-state index in [1.54, 1.807) is 0 Å². The van der Waals surface area contributed by atoms with E-state index in [4.69, 9.17) is 9.62 Å². The lowest BCUT2D eigenvalue weighted by atomic mass is 9.98. The predicted octanol–water partition coefficient (Wildman–Crippen LogP) is 5.36. The van der Waals surface area contributed by atoms with Crippen LogP contribution in [-0.4, -0.2) is 11.8 Å². The van der Waals surface area contributed by atoms with Crippen molar-refractivity contribution in [2.24, 2.45) is 0 Å². The molecule has 0 radical (unpaired) electrons. The maximum atomic E-state index is 8.83. The smallest absolute Gasteiger partial charge is 0.135 e. The van der Waals surface area contributed by atoms with Gasteiger partial charge in [0.15, 0.2) is 0 Å². The molecule has 0 atom stereocenters. The topological polar surface area (TPSA) is 45.4 Å². The summed E-state index contributed by atoms with van der Waals surface area (Å²) in [5.41, 5.74) is 8.06. The molecule has 0 bridgehead atoms. The Morgan fingerprint density at radius 1 is 1.12 bits per heavy atom. The first kappa shape index (κ1) is 17.5. The molecule has 0 fully saturated rings. The van der Waals surface area contributed by atoms with Crippen LogP contribution in [0, 0.1) is 0 Å². The molecule has 0 unspecified atom stereocenters. The average molecular weight is 335 g/mol. The largest absolute Gasteiger partial charge is 0.461 e. The van der Waals surface area contributed by atoms with Crippen molar-refractivity contribution in [1.29, 1.82) is 0 Å². The summed E-state index contributed by atoms with van der Waals surface area (Å²) in [7, 11) is 0. The van der Waals surface area contributed by atoms with Crippen LogP contribution in [-0.2, 0) is 12.8 Å². The van der Waals surface area contributed by atoms with Crippen LogP contribution in [0.5, 0.6) is 0 Å². The van der Waals surface area contributed by atoms with Crippen LogP contribution in [0.4, 0.5) is 0 Å². The maximum Gasteiger partial charge on any atom is 0.135 e. The number of hydrogen-bond acceptors (Lipinski definition) is 3. The standard InChI is InChI=1S/C22H25NO2/c1-3-17(12-13-23-24)18-10-11-19-20(14-16-8-6-5-7-9-16)21(4-2)25-22(19)15-18/h5-12,15,23-24H,3-4,13-14H2,1-2H3/b17-12+. The van der Waals surface area contributed by atoms with E-state index < -0.39 is 0 Å². The highest BCUT2D eigenvalue weighted by Crippen LogP contribution is 2.31. The number of benzene rings is 2. The van der Waals surface area contributed by atoms with E-state index in [2.05, 4.69) is 61.8 Å². The molecule has 25 heavy (non-hydrogen) atoms. The summed E-state index contributed by atoms with van der Waals surface area (Å²) in [5, 5.41) is 10.0. The van der Waals surface area contributed by atoms with Gasteiger partial charge in [0.05, 0.1) is 0 Å². The van der Waals surface area contributed by atoms with E-state index in [-0.39, 0.29) is 0 Å². The molecule has 2 aromatic carbocycles. The molecule has 1 aromatic heterocycles. The second-order valence-corrected chi connectivity index (χ2v) is 6.18. The number of aryl methyl sites for hydroxylation is 1. The minimum absolute atomic E-state index is 0.443. The van der Waals surface area contributed by atoms with Gasteiger partial charge in [-0.05, 0) is 29.2 Å². The molecular formula is C22H25NO2. The van der Waals surface area contributed by atoms with Crippen molar-refractivity contribution in [2.75, 3.05) is 6.54 Å². The van der Waals surface area contributed by atoms with Crippen molar-refractivity contribution in [3.8, 4) is 0 Å². The third-order valence-electron chi connectivity index (χ3n) is 4.61. The number of hydrogen-bond donors (Lipinski definition) is 2. The van der Waals surface area contributed by atoms with Crippen LogP contribution < -0.4 is 5.48 Å². The van der Waals surface area contributed by atoms with Crippen LogP contribution >= 0.6 is 0 Å². The van der Waals surface area contributed by atoms with Crippen molar-refractivity contribution in [1.82, 2.24) is 5.48 Å². The minimum atomic E-state index is 0.443. The van der Waals surface area contributed by atoms with E-state index in [0.717, 1.165) is 36.2 Å². The van der Waals surface area contributed by atoms with Crippen molar-refractivity contribution in [2.45, 2.75) is 33.1 Å². The van der Waals surface area contributed by atoms with E-state index in [1.165, 1.54) is 22.1 Å². The molecule has 3 rings (SSSR count). The Balaban J connectivity index is 2.01. The Kier molecular flexibility index (Phi) is 5.69. The van der Waals surface area contributed by atoms with Crippen LogP contribution in [0.1, 0.15) is 42.7 Å². The quantitative estimate of drug-likeness (QED) is 0.571. The fourth-order valence-electron chi connectivity index (χ4n) is 3.31. The first-order valence-electron chi connectivity index (χ1n) is 8.91. The molecule has 1 heterocycles. The summed E-state index contributed by atoms with van der Waals surface area (Å²) in [4.78, 5) is 0. The van der Waals surface area contributed by atoms with Crippen molar-refractivity contribution < 1.29 is 9.62 Å². The Labute approximate surface area is 148 Å². The van der Waals surface area contributed by atoms with Gasteiger partial charge in [0.2, 0.25) is 0 Å². The van der Waals surface area contributed by atoms with Gasteiger partial charge in [-0.15, -0.1) is 0 Å². The van der Waals surface area contributed by atoms with E-state index in [1.807, 2.05) is 12.1 Å². The third kappa shape index (κ3) is 3.84. The lowest BCUT2D eigenvalue weighted by Gasteiger charge is -2.06. The van der Waals surface area contributed by atoms with Gasteiger partial charge < -0.3 is 9.62 Å². The highest BCUT2D eigenvalue weighted by Gasteiger charge is 2.14. The first-order valence-corrected chi connectivity index (χ1v) is 8.91. The molecule has 0 saturated carbocycles. The molecule has 0 amide bonds. The second-order valence-electron chi connectivity index (χ2n) is 6.18. The van der Waals surface area contributed by atoms with Crippen LogP contribution in [0.15, 0.2) is 59.0 Å². The fraction of sp³-hybridized carbons (Fsp3) is 0.273. The van der Waals surface area contributed by atoms with Crippen LogP contribution in [0.2, 0.25) is 0 Å². The van der Waals surface area contributed by atoms with Gasteiger partial charge in [0.25, 0.3) is 0 Å². The van der Waals surface area contributed by atoms with E-state index >= 15 is 0 Å². The third-order valence-corrected chi connectivity index (χ3v) is 4.61. The lowest BCUT2D eigenvalue weighted by Crippen LogP contribution is -2.06. The van der Waals surface area contributed by atoms with Crippen molar-refractivity contribution in [3.05, 3.63) is 77.1 Å². The molecule has 0 aliphatic carbocycles. The van der Waals surface area contributed by atoms with Crippen molar-refractivity contribution in [3.63, 3.8) is 0 Å². The maximum absolute atomic E-state index is 8.83. The zero-order chi connectivity index (χ0) is 17.6. The van der Waals surface area contributed by atoms with Gasteiger partial charge in [0, 0.05) is 30.3 Å². The summed E-state index contributed by atoms with van der Waals surface area (Å²) >= 11 is 0. The van der Waals surface area contributed by atoms with Crippen LogP contribution in [0.3, 0.4) is 0 Å². The molecule has 3 heteroatoms. The van der Waals surface area contributed by atoms with Gasteiger partial charge in [-0.1, -0.05) is 62.4 Å². The monoisotopic (exact) mass is 335 g/mol. The SMILES string of the molecule is CC/C(=C\CNO)c1ccc2c(Cc3ccccc3)c(CC)oc2c1. The number of allylic oxidation sites excluding steroid dienone is 1. The van der Waals surface area contributed by atoms with Crippen LogP contribution in [0.25, 0.3) is 16.5 Å². The summed E-state index contributed by atoms with van der Waals surface area (Å²) in [6, 6.07) is 17.0. The van der Waals surface area contributed by atoms with Gasteiger partial charge in [-0.3, -0.25) is 0 Å². The molecule has 0 saturated heterocycles. The zero-order valence-corrected chi connectivity index (χ0v) is 14.9. The van der Waals surface area contributed by atoms with E-state index in [0.29, 0.717) is 6.54 Å². The summed E-state index contributed by atoms with van der Waals surface area (Å²) in [6.45, 7) is 4.70. The summed E-state index contributed by atoms with van der Waals surface area (Å²) in [5.74, 6) is 1.06. The van der Waals surface area contributed by atoms with Gasteiger partial charge >= 0.3 is 0 Å². The highest BCUT2D eigenvalue weighted by molar-refractivity contribution is 5.86. The Morgan fingerprint density at radius 3 is 2.60 bits per heavy atom. The Morgan fingerprint density at radius 2 is 1.92 bits per heavy atom. The minimum Gasteiger partial charge on any atom is -0.461 e. The molecule has 0 aliphatic heterocycles. The Hall–Kier alpha value is -2.36. The number of furan rings is 1. The molecule has 3 aromatic rings. The van der Waals surface area contributed by atoms with E-state index in [9.17, 15) is 0 Å². The fourth-order valence-corrected chi connectivity index (χ4v) is 3.31. The zero-order valence-electron chi connectivity index (χ0n) is 14.9. The van der Waals surface area contributed by atoms with Gasteiger partial charge in [-0.2, -0.15) is 0 Å². The molecule has 0 spiro atoms. The average Bonchev–Trinajstić information content (AvgIpc) is 3.00. The highest BCUT2D eigenvalue weighted by atomic mass is 16.5. The molecule has 0 aliphatic rings. The first-order chi connectivity index (χ1) is 12.3. The lowest BCUT2D eigenvalue weighted by molar-refractivity contribution is 0.180. The number of fused-ring (bicyclic) bond motifs is 1. The number of nitrogens with one attached hydrogen (secondary N) is 1. The summed E-state index contributed by atoms with van der Waals surface area (Å²) in [6.07, 6.45) is 4.69. The molecule has 3 nitrogen and oxygen atoms in total. The van der Waals surface area contributed by atoms with Gasteiger partial charge in [0.1, 0.15) is 11.3 Å². The normalized spacial score (nSPS) is 12.0. The summed E-state index contributed by atoms with van der Waals surface area (Å²) < 4.78 is 6.17. The molecule has 2 N–H and O–H groups in total. The van der Waals surface area contributed by atoms with Gasteiger partial charge in [-0.25, -0.2) is 5.48 Å². The Bertz CT molecular complexity index is 862. The molecule has 130 valence electrons. The second kappa shape index (κ2) is 8.15. The number of rotatable bonds is 7. The number of hydroxylamine groups is 1. The predicted molar refractivity (Wildman–Crippen MR) is 103 cm³/mol. The van der Waals surface area contributed by atoms with Crippen molar-refractivity contribution >= 4 is 16.5 Å².